The number of aliphatic hydroxyl groups is 1. The third kappa shape index (κ3) is 4.01. The predicted octanol–water partition coefficient (Wildman–Crippen LogP) is 3.35. The zero-order valence-electron chi connectivity index (χ0n) is 14.9. The Bertz CT molecular complexity index is 1160. The molecule has 1 amide bonds. The van der Waals surface area contributed by atoms with Gasteiger partial charge in [-0.2, -0.15) is 4.72 Å². The highest BCUT2D eigenvalue weighted by Gasteiger charge is 2.18. The first-order valence-corrected chi connectivity index (χ1v) is 10.4. The molecule has 3 rings (SSSR count). The van der Waals surface area contributed by atoms with Crippen molar-refractivity contribution in [1.82, 2.24) is 9.29 Å². The van der Waals surface area contributed by atoms with E-state index in [1.807, 2.05) is 0 Å². The number of carbonyl (C=O) groups excluding carboxylic acids is 1. The van der Waals surface area contributed by atoms with Gasteiger partial charge in [-0.05, 0) is 49.4 Å². The van der Waals surface area contributed by atoms with Gasteiger partial charge >= 0.3 is 0 Å². The first-order chi connectivity index (χ1) is 13.1. The molecule has 1 unspecified atom stereocenters. The van der Waals surface area contributed by atoms with E-state index in [0.29, 0.717) is 26.8 Å². The fourth-order valence-corrected chi connectivity index (χ4v) is 4.23. The number of aliphatic hydroxyl groups excluding tert-OH is 1. The van der Waals surface area contributed by atoms with Crippen molar-refractivity contribution in [3.05, 3.63) is 58.2 Å². The van der Waals surface area contributed by atoms with Crippen molar-refractivity contribution in [2.75, 3.05) is 5.32 Å². The molecule has 1 atom stereocenters. The molecular formula is C18H17Cl2N3O4S. The van der Waals surface area contributed by atoms with Crippen molar-refractivity contribution in [2.45, 2.75) is 18.0 Å². The number of hydrogen-bond donors (Lipinski definition) is 3. The minimum absolute atomic E-state index is 0.0302. The molecule has 1 aromatic heterocycles. The second-order valence-electron chi connectivity index (χ2n) is 6.16. The molecular weight excluding hydrogens is 425 g/mol. The van der Waals surface area contributed by atoms with Crippen molar-refractivity contribution in [3.8, 4) is 0 Å². The van der Waals surface area contributed by atoms with Gasteiger partial charge in [0.1, 0.15) is 11.9 Å². The summed E-state index contributed by atoms with van der Waals surface area (Å²) in [6.45, 7) is 1.30. The molecule has 0 fully saturated rings. The predicted molar refractivity (Wildman–Crippen MR) is 109 cm³/mol. The number of nitrogens with zero attached hydrogens (tertiary/aromatic N) is 1. The maximum absolute atomic E-state index is 12.7. The third-order valence-electron chi connectivity index (χ3n) is 4.09. The summed E-state index contributed by atoms with van der Waals surface area (Å²) < 4.78 is 27.8. The van der Waals surface area contributed by atoms with Crippen LogP contribution in [-0.2, 0) is 17.1 Å². The Morgan fingerprint density at radius 2 is 1.79 bits per heavy atom. The highest BCUT2D eigenvalue weighted by Crippen LogP contribution is 2.32. The van der Waals surface area contributed by atoms with Crippen LogP contribution in [0.3, 0.4) is 0 Å². The first kappa shape index (κ1) is 20.6. The lowest BCUT2D eigenvalue weighted by molar-refractivity contribution is 0.101. The van der Waals surface area contributed by atoms with Gasteiger partial charge in [0, 0.05) is 23.6 Å². The van der Waals surface area contributed by atoms with Gasteiger partial charge in [-0.3, -0.25) is 4.79 Å². The quantitative estimate of drug-likeness (QED) is 0.528. The van der Waals surface area contributed by atoms with E-state index >= 15 is 0 Å². The molecule has 0 bridgehead atoms. The van der Waals surface area contributed by atoms with Crippen molar-refractivity contribution in [3.63, 3.8) is 0 Å². The van der Waals surface area contributed by atoms with E-state index in [9.17, 15) is 18.3 Å². The summed E-state index contributed by atoms with van der Waals surface area (Å²) in [5.41, 5.74) is 1.53. The number of anilines is 1. The topological polar surface area (TPSA) is 100 Å². The molecule has 0 spiro atoms. The molecule has 0 aliphatic rings. The Morgan fingerprint density at radius 3 is 2.39 bits per heavy atom. The highest BCUT2D eigenvalue weighted by molar-refractivity contribution is 7.89. The van der Waals surface area contributed by atoms with Crippen molar-refractivity contribution >= 4 is 55.7 Å². The smallest absolute Gasteiger partial charge is 0.272 e. The molecule has 0 saturated heterocycles. The zero-order chi connectivity index (χ0) is 20.6. The van der Waals surface area contributed by atoms with E-state index in [1.165, 1.54) is 31.2 Å². The number of amides is 1. The number of aromatic nitrogens is 1. The third-order valence-corrected chi connectivity index (χ3v) is 6.46. The molecule has 0 aliphatic carbocycles. The molecule has 3 aromatic rings. The number of benzene rings is 2. The Balaban J connectivity index is 1.85. The lowest BCUT2D eigenvalue weighted by atomic mass is 10.2. The molecule has 28 heavy (non-hydrogen) atoms. The summed E-state index contributed by atoms with van der Waals surface area (Å²) in [4.78, 5) is 12.6. The summed E-state index contributed by atoms with van der Waals surface area (Å²) in [6.07, 6.45) is -1.21. The average Bonchev–Trinajstić information content (AvgIpc) is 2.95. The van der Waals surface area contributed by atoms with Crippen LogP contribution in [0.5, 0.6) is 0 Å². The molecule has 0 aliphatic heterocycles. The van der Waals surface area contributed by atoms with Crippen LogP contribution in [0.25, 0.3) is 10.9 Å². The molecule has 2 aromatic carbocycles. The number of rotatable bonds is 5. The summed E-state index contributed by atoms with van der Waals surface area (Å²) in [6, 6.07) is 10.7. The van der Waals surface area contributed by atoms with Crippen LogP contribution in [-0.4, -0.2) is 30.2 Å². The van der Waals surface area contributed by atoms with Crippen LogP contribution < -0.4 is 10.0 Å². The zero-order valence-corrected chi connectivity index (χ0v) is 17.2. The van der Waals surface area contributed by atoms with Crippen LogP contribution in [0.15, 0.2) is 47.4 Å². The first-order valence-electron chi connectivity index (χ1n) is 8.15. The van der Waals surface area contributed by atoms with E-state index < -0.39 is 16.3 Å². The van der Waals surface area contributed by atoms with Crippen LogP contribution in [0.4, 0.5) is 5.69 Å². The SMILES string of the molecule is CC(O)NS(=O)(=O)c1ccc(NC(=O)c2cc3c(Cl)c(Cl)ccc3n2C)cc1. The van der Waals surface area contributed by atoms with Crippen molar-refractivity contribution in [2.24, 2.45) is 7.05 Å². The number of aryl methyl sites for hydroxylation is 1. The van der Waals surface area contributed by atoms with E-state index in [1.54, 1.807) is 29.8 Å². The number of halogens is 2. The van der Waals surface area contributed by atoms with E-state index in [-0.39, 0.29) is 10.8 Å². The second kappa shape index (κ2) is 7.73. The molecule has 1 heterocycles. The van der Waals surface area contributed by atoms with Crippen LogP contribution in [0.2, 0.25) is 10.0 Å². The highest BCUT2D eigenvalue weighted by atomic mass is 35.5. The molecule has 148 valence electrons. The summed E-state index contributed by atoms with van der Waals surface area (Å²) in [7, 11) is -2.10. The van der Waals surface area contributed by atoms with Gasteiger partial charge in [0.2, 0.25) is 10.0 Å². The fraction of sp³-hybridized carbons (Fsp3) is 0.167. The Kier molecular flexibility index (Phi) is 5.69. The fourth-order valence-electron chi connectivity index (χ4n) is 2.77. The summed E-state index contributed by atoms with van der Waals surface area (Å²) in [5.74, 6) is -0.386. The van der Waals surface area contributed by atoms with Gasteiger partial charge in [0.05, 0.1) is 14.9 Å². The lowest BCUT2D eigenvalue weighted by Crippen LogP contribution is -2.32. The monoisotopic (exact) mass is 441 g/mol. The Labute approximate surface area is 171 Å². The number of fused-ring (bicyclic) bond motifs is 1. The number of nitrogens with one attached hydrogen (secondary N) is 2. The van der Waals surface area contributed by atoms with E-state index in [2.05, 4.69) is 10.0 Å². The van der Waals surface area contributed by atoms with Gasteiger partial charge < -0.3 is 15.0 Å². The van der Waals surface area contributed by atoms with Crippen molar-refractivity contribution in [1.29, 1.82) is 0 Å². The van der Waals surface area contributed by atoms with Crippen LogP contribution in [0.1, 0.15) is 17.4 Å². The van der Waals surface area contributed by atoms with Gasteiger partial charge in [-0.25, -0.2) is 8.42 Å². The molecule has 3 N–H and O–H groups in total. The van der Waals surface area contributed by atoms with Gasteiger partial charge in [-0.1, -0.05) is 23.2 Å². The van der Waals surface area contributed by atoms with E-state index in [0.717, 1.165) is 5.52 Å². The largest absolute Gasteiger partial charge is 0.378 e. The molecule has 0 radical (unpaired) electrons. The van der Waals surface area contributed by atoms with E-state index in [4.69, 9.17) is 23.2 Å². The minimum Gasteiger partial charge on any atom is -0.378 e. The maximum Gasteiger partial charge on any atom is 0.272 e. The van der Waals surface area contributed by atoms with Crippen LogP contribution in [0, 0.1) is 0 Å². The van der Waals surface area contributed by atoms with Crippen LogP contribution >= 0.6 is 23.2 Å². The number of hydrogen-bond acceptors (Lipinski definition) is 4. The van der Waals surface area contributed by atoms with Crippen molar-refractivity contribution < 1.29 is 18.3 Å². The van der Waals surface area contributed by atoms with Gasteiger partial charge in [0.25, 0.3) is 5.91 Å². The Hall–Kier alpha value is -2.10. The average molecular weight is 442 g/mol. The molecule has 7 nitrogen and oxygen atoms in total. The minimum atomic E-state index is -3.83. The van der Waals surface area contributed by atoms with Gasteiger partial charge in [0.15, 0.2) is 0 Å². The number of carbonyl (C=O) groups is 1. The summed E-state index contributed by atoms with van der Waals surface area (Å²) in [5, 5.41) is 13.3. The lowest BCUT2D eigenvalue weighted by Gasteiger charge is -2.10. The maximum atomic E-state index is 12.7. The Morgan fingerprint density at radius 1 is 1.14 bits per heavy atom. The normalized spacial score (nSPS) is 12.9. The standard InChI is InChI=1S/C18H17Cl2N3O4S/c1-10(24)22-28(26,27)12-5-3-11(4-6-12)21-18(25)16-9-13-15(23(16)2)8-7-14(19)17(13)20/h3-10,22,24H,1-2H3,(H,21,25). The molecule has 10 heteroatoms. The molecule has 0 saturated carbocycles. The second-order valence-corrected chi connectivity index (χ2v) is 8.66. The summed E-state index contributed by atoms with van der Waals surface area (Å²) >= 11 is 12.2. The number of sulfonamides is 1. The van der Waals surface area contributed by atoms with Gasteiger partial charge in [-0.15, -0.1) is 0 Å².